The minimum atomic E-state index is -0.316. The Morgan fingerprint density at radius 3 is 2.62 bits per heavy atom. The van der Waals surface area contributed by atoms with Crippen molar-refractivity contribution in [2.24, 2.45) is 0 Å². The van der Waals surface area contributed by atoms with Gasteiger partial charge in [0, 0.05) is 19.9 Å². The largest absolute Gasteiger partial charge is 0.473 e. The van der Waals surface area contributed by atoms with Crippen LogP contribution < -0.4 is 15.4 Å². The lowest BCUT2D eigenvalue weighted by Gasteiger charge is -2.14. The molecule has 0 atom stereocenters. The van der Waals surface area contributed by atoms with Gasteiger partial charge in [-0.25, -0.2) is 9.78 Å². The smallest absolute Gasteiger partial charge is 0.319 e. The third-order valence-electron chi connectivity index (χ3n) is 3.22. The van der Waals surface area contributed by atoms with Crippen molar-refractivity contribution in [2.45, 2.75) is 33.1 Å². The van der Waals surface area contributed by atoms with Crippen LogP contribution in [-0.4, -0.2) is 24.2 Å². The Hall–Kier alpha value is -2.60. The van der Waals surface area contributed by atoms with Gasteiger partial charge in [0.05, 0.1) is 12.7 Å². The Balaban J connectivity index is 1.97. The van der Waals surface area contributed by atoms with Crippen molar-refractivity contribution in [2.75, 3.05) is 12.4 Å². The minimum absolute atomic E-state index is 0.0237. The molecule has 0 radical (unpaired) electrons. The molecule has 1 heterocycles. The molecule has 0 saturated heterocycles. The number of hydrogen-bond donors (Lipinski definition) is 2. The molecule has 1 aromatic heterocycles. The van der Waals surface area contributed by atoms with E-state index >= 15 is 0 Å². The number of ether oxygens (including phenoxy) is 2. The summed E-state index contributed by atoms with van der Waals surface area (Å²) in [4.78, 5) is 16.3. The average Bonchev–Trinajstić information content (AvgIpc) is 2.56. The SMILES string of the molecule is COCc1ccccc1CNC(=O)Nc1cccnc1OC(C)C. The molecule has 0 aliphatic carbocycles. The first-order valence-electron chi connectivity index (χ1n) is 7.82. The molecular weight excluding hydrogens is 306 g/mol. The lowest BCUT2D eigenvalue weighted by molar-refractivity contribution is 0.184. The molecule has 0 aliphatic heterocycles. The van der Waals surface area contributed by atoms with Gasteiger partial charge in [0.15, 0.2) is 0 Å². The van der Waals surface area contributed by atoms with E-state index in [9.17, 15) is 4.79 Å². The van der Waals surface area contributed by atoms with Crippen molar-refractivity contribution in [1.82, 2.24) is 10.3 Å². The van der Waals surface area contributed by atoms with E-state index in [1.165, 1.54) is 0 Å². The molecule has 0 fully saturated rings. The Morgan fingerprint density at radius 2 is 1.92 bits per heavy atom. The fourth-order valence-electron chi connectivity index (χ4n) is 2.17. The summed E-state index contributed by atoms with van der Waals surface area (Å²) in [6, 6.07) is 11.0. The van der Waals surface area contributed by atoms with Gasteiger partial charge in [0.2, 0.25) is 5.88 Å². The van der Waals surface area contributed by atoms with Gasteiger partial charge < -0.3 is 20.1 Å². The van der Waals surface area contributed by atoms with Gasteiger partial charge in [-0.1, -0.05) is 24.3 Å². The molecule has 6 nitrogen and oxygen atoms in total. The van der Waals surface area contributed by atoms with Crippen LogP contribution in [0.15, 0.2) is 42.6 Å². The first-order chi connectivity index (χ1) is 11.6. The maximum absolute atomic E-state index is 12.2. The highest BCUT2D eigenvalue weighted by Gasteiger charge is 2.10. The fraction of sp³-hybridized carbons (Fsp3) is 0.333. The van der Waals surface area contributed by atoms with Crippen LogP contribution >= 0.6 is 0 Å². The van der Waals surface area contributed by atoms with Gasteiger partial charge in [-0.05, 0) is 37.1 Å². The van der Waals surface area contributed by atoms with E-state index in [1.807, 2.05) is 38.1 Å². The second-order valence-electron chi connectivity index (χ2n) is 5.53. The van der Waals surface area contributed by atoms with Crippen LogP contribution in [-0.2, 0) is 17.9 Å². The first kappa shape index (κ1) is 17.7. The summed E-state index contributed by atoms with van der Waals surface area (Å²) in [6.45, 7) is 4.73. The topological polar surface area (TPSA) is 72.5 Å². The maximum atomic E-state index is 12.2. The zero-order valence-electron chi connectivity index (χ0n) is 14.2. The molecule has 6 heteroatoms. The Labute approximate surface area is 142 Å². The van der Waals surface area contributed by atoms with E-state index in [0.717, 1.165) is 11.1 Å². The summed E-state index contributed by atoms with van der Waals surface area (Å²) < 4.78 is 10.8. The molecule has 0 unspecified atom stereocenters. The second kappa shape index (κ2) is 8.88. The summed E-state index contributed by atoms with van der Waals surface area (Å²) in [6.07, 6.45) is 1.60. The number of aromatic nitrogens is 1. The number of nitrogens with zero attached hydrogens (tertiary/aromatic N) is 1. The van der Waals surface area contributed by atoms with Crippen LogP contribution in [0.2, 0.25) is 0 Å². The molecule has 128 valence electrons. The summed E-state index contributed by atoms with van der Waals surface area (Å²) in [5, 5.41) is 5.61. The van der Waals surface area contributed by atoms with Crippen LogP contribution in [0, 0.1) is 0 Å². The van der Waals surface area contributed by atoms with Crippen LogP contribution in [0.5, 0.6) is 5.88 Å². The molecule has 2 amide bonds. The van der Waals surface area contributed by atoms with E-state index < -0.39 is 0 Å². The minimum Gasteiger partial charge on any atom is -0.473 e. The molecule has 0 saturated carbocycles. The van der Waals surface area contributed by atoms with Crippen LogP contribution in [0.3, 0.4) is 0 Å². The molecular formula is C18H23N3O3. The van der Waals surface area contributed by atoms with Crippen molar-refractivity contribution >= 4 is 11.7 Å². The number of carbonyl (C=O) groups is 1. The summed E-state index contributed by atoms with van der Waals surface area (Å²) in [7, 11) is 1.65. The van der Waals surface area contributed by atoms with E-state index in [-0.39, 0.29) is 12.1 Å². The van der Waals surface area contributed by atoms with E-state index in [0.29, 0.717) is 24.7 Å². The Bertz CT molecular complexity index is 674. The molecule has 0 aliphatic rings. The third-order valence-corrected chi connectivity index (χ3v) is 3.22. The zero-order valence-corrected chi connectivity index (χ0v) is 14.2. The number of rotatable bonds is 7. The predicted molar refractivity (Wildman–Crippen MR) is 93.0 cm³/mol. The number of nitrogens with one attached hydrogen (secondary N) is 2. The number of methoxy groups -OCH3 is 1. The van der Waals surface area contributed by atoms with E-state index in [1.54, 1.807) is 25.4 Å². The van der Waals surface area contributed by atoms with Gasteiger partial charge in [0.25, 0.3) is 0 Å². The number of urea groups is 1. The molecule has 2 rings (SSSR count). The molecule has 24 heavy (non-hydrogen) atoms. The normalized spacial score (nSPS) is 10.5. The van der Waals surface area contributed by atoms with E-state index in [4.69, 9.17) is 9.47 Å². The molecule has 2 aromatic rings. The van der Waals surface area contributed by atoms with Crippen molar-refractivity contribution in [3.8, 4) is 5.88 Å². The number of amides is 2. The Morgan fingerprint density at radius 1 is 1.17 bits per heavy atom. The number of anilines is 1. The number of benzene rings is 1. The molecule has 0 spiro atoms. The van der Waals surface area contributed by atoms with Crippen molar-refractivity contribution in [3.63, 3.8) is 0 Å². The highest BCUT2D eigenvalue weighted by Crippen LogP contribution is 2.21. The summed E-state index contributed by atoms with van der Waals surface area (Å²) in [5.41, 5.74) is 2.60. The van der Waals surface area contributed by atoms with Gasteiger partial charge in [-0.15, -0.1) is 0 Å². The van der Waals surface area contributed by atoms with E-state index in [2.05, 4.69) is 15.6 Å². The lowest BCUT2D eigenvalue weighted by Crippen LogP contribution is -2.29. The van der Waals surface area contributed by atoms with Crippen molar-refractivity contribution in [1.29, 1.82) is 0 Å². The quantitative estimate of drug-likeness (QED) is 0.817. The second-order valence-corrected chi connectivity index (χ2v) is 5.53. The highest BCUT2D eigenvalue weighted by atomic mass is 16.5. The van der Waals surface area contributed by atoms with Crippen LogP contribution in [0.1, 0.15) is 25.0 Å². The molecule has 1 aromatic carbocycles. The number of carbonyl (C=O) groups excluding carboxylic acids is 1. The van der Waals surface area contributed by atoms with Crippen molar-refractivity contribution in [3.05, 3.63) is 53.7 Å². The monoisotopic (exact) mass is 329 g/mol. The first-order valence-corrected chi connectivity index (χ1v) is 7.82. The molecule has 0 bridgehead atoms. The summed E-state index contributed by atoms with van der Waals surface area (Å²) >= 11 is 0. The van der Waals surface area contributed by atoms with Gasteiger partial charge in [0.1, 0.15) is 5.69 Å². The fourth-order valence-corrected chi connectivity index (χ4v) is 2.17. The summed E-state index contributed by atoms with van der Waals surface area (Å²) in [5.74, 6) is 0.405. The maximum Gasteiger partial charge on any atom is 0.319 e. The van der Waals surface area contributed by atoms with Crippen molar-refractivity contribution < 1.29 is 14.3 Å². The van der Waals surface area contributed by atoms with Crippen LogP contribution in [0.25, 0.3) is 0 Å². The predicted octanol–water partition coefficient (Wildman–Crippen LogP) is 3.34. The third kappa shape index (κ3) is 5.24. The molecule has 2 N–H and O–H groups in total. The standard InChI is InChI=1S/C18H23N3O3/c1-13(2)24-17-16(9-6-10-19-17)21-18(22)20-11-14-7-4-5-8-15(14)12-23-3/h4-10,13H,11-12H2,1-3H3,(H2,20,21,22). The average molecular weight is 329 g/mol. The highest BCUT2D eigenvalue weighted by molar-refractivity contribution is 5.90. The Kier molecular flexibility index (Phi) is 6.57. The number of hydrogen-bond acceptors (Lipinski definition) is 4. The number of pyridine rings is 1. The lowest BCUT2D eigenvalue weighted by atomic mass is 10.1. The van der Waals surface area contributed by atoms with Gasteiger partial charge >= 0.3 is 6.03 Å². The zero-order chi connectivity index (χ0) is 17.4. The van der Waals surface area contributed by atoms with Gasteiger partial charge in [-0.2, -0.15) is 0 Å². The van der Waals surface area contributed by atoms with Crippen LogP contribution in [0.4, 0.5) is 10.5 Å². The van der Waals surface area contributed by atoms with Gasteiger partial charge in [-0.3, -0.25) is 0 Å².